The van der Waals surface area contributed by atoms with Gasteiger partial charge in [0, 0.05) is 24.5 Å². The highest BCUT2D eigenvalue weighted by atomic mass is 32.2. The predicted octanol–water partition coefficient (Wildman–Crippen LogP) is 1.00. The van der Waals surface area contributed by atoms with E-state index in [1.807, 2.05) is 30.3 Å². The molecule has 23 heavy (non-hydrogen) atoms. The number of carbonyl (C=O) groups excluding carboxylic acids is 1. The van der Waals surface area contributed by atoms with Crippen LogP contribution in [0, 0.1) is 5.92 Å². The lowest BCUT2D eigenvalue weighted by Crippen LogP contribution is -2.46. The van der Waals surface area contributed by atoms with Crippen molar-refractivity contribution in [3.63, 3.8) is 0 Å². The summed E-state index contributed by atoms with van der Waals surface area (Å²) in [5, 5.41) is 6.18. The molecule has 0 saturated heterocycles. The molecular formula is C16H27N3O3S. The van der Waals surface area contributed by atoms with Crippen LogP contribution in [-0.2, 0) is 14.6 Å². The summed E-state index contributed by atoms with van der Waals surface area (Å²) in [6.07, 6.45) is 1.26. The van der Waals surface area contributed by atoms with Crippen LogP contribution in [0.1, 0.15) is 20.3 Å². The van der Waals surface area contributed by atoms with E-state index < -0.39 is 15.9 Å². The minimum absolute atomic E-state index is 0.0588. The normalized spacial score (nSPS) is 14.3. The fourth-order valence-corrected chi connectivity index (χ4v) is 2.70. The van der Waals surface area contributed by atoms with Crippen LogP contribution in [0.4, 0.5) is 5.69 Å². The molecule has 1 aromatic carbocycles. The first-order valence-corrected chi connectivity index (χ1v) is 9.77. The third-order valence-corrected chi connectivity index (χ3v) is 4.54. The molecule has 1 aromatic rings. The van der Waals surface area contributed by atoms with Crippen LogP contribution >= 0.6 is 0 Å². The molecule has 0 aromatic heterocycles. The predicted molar refractivity (Wildman–Crippen MR) is 94.0 cm³/mol. The van der Waals surface area contributed by atoms with Crippen molar-refractivity contribution in [3.8, 4) is 0 Å². The SMILES string of the molecule is CC(C)C(CNC(=O)C(N)CCS(C)(=O)=O)Nc1ccccc1. The molecule has 0 spiro atoms. The maximum atomic E-state index is 12.0. The number of para-hydroxylation sites is 1. The lowest BCUT2D eigenvalue weighted by Gasteiger charge is -2.24. The van der Waals surface area contributed by atoms with E-state index >= 15 is 0 Å². The summed E-state index contributed by atoms with van der Waals surface area (Å²) in [5.41, 5.74) is 6.73. The molecule has 0 saturated carbocycles. The van der Waals surface area contributed by atoms with Gasteiger partial charge < -0.3 is 16.4 Å². The van der Waals surface area contributed by atoms with E-state index in [0.29, 0.717) is 12.5 Å². The number of rotatable bonds is 9. The van der Waals surface area contributed by atoms with Crippen molar-refractivity contribution in [1.29, 1.82) is 0 Å². The zero-order chi connectivity index (χ0) is 17.5. The first kappa shape index (κ1) is 19.4. The number of sulfone groups is 1. The number of nitrogens with one attached hydrogen (secondary N) is 2. The summed E-state index contributed by atoms with van der Waals surface area (Å²) >= 11 is 0. The van der Waals surface area contributed by atoms with Crippen molar-refractivity contribution in [2.24, 2.45) is 11.7 Å². The van der Waals surface area contributed by atoms with Gasteiger partial charge in [-0.15, -0.1) is 0 Å². The highest BCUT2D eigenvalue weighted by Crippen LogP contribution is 2.11. The zero-order valence-corrected chi connectivity index (χ0v) is 14.8. The van der Waals surface area contributed by atoms with Crippen LogP contribution in [-0.4, -0.2) is 45.0 Å². The Hall–Kier alpha value is -1.60. The van der Waals surface area contributed by atoms with E-state index in [1.54, 1.807) is 0 Å². The van der Waals surface area contributed by atoms with Gasteiger partial charge in [-0.25, -0.2) is 8.42 Å². The van der Waals surface area contributed by atoms with Gasteiger partial charge in [0.2, 0.25) is 5.91 Å². The summed E-state index contributed by atoms with van der Waals surface area (Å²) in [5.74, 6) is -0.103. The molecule has 0 bridgehead atoms. The second kappa shape index (κ2) is 8.88. The number of hydrogen-bond donors (Lipinski definition) is 3. The van der Waals surface area contributed by atoms with E-state index in [1.165, 1.54) is 0 Å². The molecule has 0 aliphatic heterocycles. The van der Waals surface area contributed by atoms with Crippen LogP contribution in [0.25, 0.3) is 0 Å². The van der Waals surface area contributed by atoms with Crippen molar-refractivity contribution < 1.29 is 13.2 Å². The first-order chi connectivity index (χ1) is 10.7. The van der Waals surface area contributed by atoms with Crippen LogP contribution in [0.3, 0.4) is 0 Å². The second-order valence-corrected chi connectivity index (χ2v) is 8.39. The molecule has 0 radical (unpaired) electrons. The fourth-order valence-electron chi connectivity index (χ4n) is 2.02. The maximum absolute atomic E-state index is 12.0. The third-order valence-electron chi connectivity index (χ3n) is 3.56. The molecule has 130 valence electrons. The van der Waals surface area contributed by atoms with E-state index in [2.05, 4.69) is 24.5 Å². The fraction of sp³-hybridized carbons (Fsp3) is 0.562. The van der Waals surface area contributed by atoms with Gasteiger partial charge in [0.25, 0.3) is 0 Å². The monoisotopic (exact) mass is 341 g/mol. The van der Waals surface area contributed by atoms with E-state index in [4.69, 9.17) is 5.73 Å². The Balaban J connectivity index is 2.50. The van der Waals surface area contributed by atoms with Crippen LogP contribution in [0.15, 0.2) is 30.3 Å². The lowest BCUT2D eigenvalue weighted by atomic mass is 10.0. The van der Waals surface area contributed by atoms with Crippen LogP contribution in [0.2, 0.25) is 0 Å². The Kier molecular flexibility index (Phi) is 7.51. The Morgan fingerprint density at radius 1 is 1.22 bits per heavy atom. The lowest BCUT2D eigenvalue weighted by molar-refractivity contribution is -0.122. The molecule has 0 aliphatic carbocycles. The highest BCUT2D eigenvalue weighted by Gasteiger charge is 2.19. The second-order valence-electron chi connectivity index (χ2n) is 6.13. The van der Waals surface area contributed by atoms with Gasteiger partial charge in [0.05, 0.1) is 11.8 Å². The summed E-state index contributed by atoms with van der Waals surface area (Å²) in [7, 11) is -3.11. The summed E-state index contributed by atoms with van der Waals surface area (Å²) in [4.78, 5) is 12.0. The molecular weight excluding hydrogens is 314 g/mol. The Morgan fingerprint density at radius 2 is 1.83 bits per heavy atom. The number of anilines is 1. The Bertz CT molecular complexity index is 588. The summed E-state index contributed by atoms with van der Waals surface area (Å²) in [6.45, 7) is 4.56. The molecule has 4 N–H and O–H groups in total. The largest absolute Gasteiger partial charge is 0.380 e. The van der Waals surface area contributed by atoms with E-state index in [-0.39, 0.29) is 24.1 Å². The number of nitrogens with two attached hydrogens (primary N) is 1. The number of hydrogen-bond acceptors (Lipinski definition) is 5. The van der Waals surface area contributed by atoms with Crippen molar-refractivity contribution in [1.82, 2.24) is 5.32 Å². The van der Waals surface area contributed by atoms with Gasteiger partial charge in [0.1, 0.15) is 9.84 Å². The topological polar surface area (TPSA) is 101 Å². The van der Waals surface area contributed by atoms with Crippen molar-refractivity contribution in [2.45, 2.75) is 32.4 Å². The van der Waals surface area contributed by atoms with Crippen molar-refractivity contribution >= 4 is 21.4 Å². The quantitative estimate of drug-likeness (QED) is 0.622. The minimum Gasteiger partial charge on any atom is -0.380 e. The van der Waals surface area contributed by atoms with Crippen molar-refractivity contribution in [2.75, 3.05) is 23.9 Å². The third kappa shape index (κ3) is 7.99. The molecule has 2 atom stereocenters. The standard InChI is InChI=1S/C16H27N3O3S/c1-12(2)15(19-13-7-5-4-6-8-13)11-18-16(20)14(17)9-10-23(3,21)22/h4-8,12,14-15,19H,9-11,17H2,1-3H3,(H,18,20). The molecule has 7 heteroatoms. The van der Waals surface area contributed by atoms with Gasteiger partial charge in [-0.3, -0.25) is 4.79 Å². The maximum Gasteiger partial charge on any atom is 0.237 e. The molecule has 0 aliphatic rings. The van der Waals surface area contributed by atoms with Gasteiger partial charge in [-0.2, -0.15) is 0 Å². The Morgan fingerprint density at radius 3 is 2.35 bits per heavy atom. The molecule has 2 unspecified atom stereocenters. The number of amides is 1. The van der Waals surface area contributed by atoms with E-state index in [9.17, 15) is 13.2 Å². The van der Waals surface area contributed by atoms with Gasteiger partial charge in [0.15, 0.2) is 0 Å². The van der Waals surface area contributed by atoms with Gasteiger partial charge >= 0.3 is 0 Å². The smallest absolute Gasteiger partial charge is 0.237 e. The van der Waals surface area contributed by atoms with E-state index in [0.717, 1.165) is 11.9 Å². The molecule has 0 heterocycles. The van der Waals surface area contributed by atoms with Crippen LogP contribution < -0.4 is 16.4 Å². The number of carbonyl (C=O) groups is 1. The highest BCUT2D eigenvalue weighted by molar-refractivity contribution is 7.90. The summed E-state index contributed by atoms with van der Waals surface area (Å²) in [6, 6.07) is 9.01. The van der Waals surface area contributed by atoms with Gasteiger partial charge in [-0.05, 0) is 24.5 Å². The molecule has 1 rings (SSSR count). The minimum atomic E-state index is -3.11. The first-order valence-electron chi connectivity index (χ1n) is 7.71. The average Bonchev–Trinajstić information content (AvgIpc) is 2.48. The number of benzene rings is 1. The molecule has 6 nitrogen and oxygen atoms in total. The zero-order valence-electron chi connectivity index (χ0n) is 14.0. The van der Waals surface area contributed by atoms with Crippen LogP contribution in [0.5, 0.6) is 0 Å². The van der Waals surface area contributed by atoms with Crippen molar-refractivity contribution in [3.05, 3.63) is 30.3 Å². The van der Waals surface area contributed by atoms with Gasteiger partial charge in [-0.1, -0.05) is 32.0 Å². The average molecular weight is 341 g/mol. The Labute approximate surface area is 138 Å². The molecule has 0 fully saturated rings. The molecule has 1 amide bonds. The summed E-state index contributed by atoms with van der Waals surface area (Å²) < 4.78 is 22.2.